The maximum atomic E-state index is 5.53. The van der Waals surface area contributed by atoms with Gasteiger partial charge in [-0.3, -0.25) is 0 Å². The van der Waals surface area contributed by atoms with E-state index in [0.717, 1.165) is 50.2 Å². The Morgan fingerprint density at radius 3 is 2.95 bits per heavy atom. The summed E-state index contributed by atoms with van der Waals surface area (Å²) in [5.74, 6) is 1.56. The fourth-order valence-corrected chi connectivity index (χ4v) is 2.31. The number of ether oxygens (including phenoxy) is 1. The molecular formula is C13H27N5OS. The number of aromatic nitrogens is 4. The highest BCUT2D eigenvalue weighted by molar-refractivity contribution is 7.99. The van der Waals surface area contributed by atoms with Crippen molar-refractivity contribution in [1.82, 2.24) is 25.5 Å². The molecule has 0 radical (unpaired) electrons. The number of hydrogen-bond acceptors (Lipinski definition) is 6. The summed E-state index contributed by atoms with van der Waals surface area (Å²) in [7, 11) is 0. The Morgan fingerprint density at radius 2 is 2.20 bits per heavy atom. The van der Waals surface area contributed by atoms with Gasteiger partial charge in [-0.1, -0.05) is 39.0 Å². The number of unbranched alkanes of at least 4 members (excludes halogenated alkanes) is 1. The number of thioether (sulfide) groups is 1. The quantitative estimate of drug-likeness (QED) is 0.469. The van der Waals surface area contributed by atoms with Gasteiger partial charge in [-0.15, -0.1) is 5.10 Å². The van der Waals surface area contributed by atoms with Gasteiger partial charge in [0.2, 0.25) is 5.16 Å². The average molecular weight is 301 g/mol. The molecule has 0 aliphatic heterocycles. The minimum absolute atomic E-state index is 0.665. The van der Waals surface area contributed by atoms with E-state index in [0.29, 0.717) is 5.92 Å². The molecule has 20 heavy (non-hydrogen) atoms. The zero-order chi connectivity index (χ0) is 14.6. The zero-order valence-electron chi connectivity index (χ0n) is 12.8. The second kappa shape index (κ2) is 11.0. The molecule has 0 aliphatic carbocycles. The van der Waals surface area contributed by atoms with E-state index < -0.39 is 0 Å². The van der Waals surface area contributed by atoms with Crippen LogP contribution in [0, 0.1) is 5.92 Å². The van der Waals surface area contributed by atoms with E-state index in [1.165, 1.54) is 6.42 Å². The molecule has 0 bridgehead atoms. The molecule has 0 aliphatic rings. The van der Waals surface area contributed by atoms with Crippen LogP contribution in [0.2, 0.25) is 0 Å². The lowest BCUT2D eigenvalue weighted by molar-refractivity contribution is 0.147. The summed E-state index contributed by atoms with van der Waals surface area (Å²) in [6.45, 7) is 10.9. The van der Waals surface area contributed by atoms with Crippen LogP contribution in [-0.4, -0.2) is 52.3 Å². The van der Waals surface area contributed by atoms with Crippen molar-refractivity contribution in [2.75, 3.05) is 32.1 Å². The summed E-state index contributed by atoms with van der Waals surface area (Å²) in [6, 6.07) is 0. The van der Waals surface area contributed by atoms with Crippen molar-refractivity contribution in [3.05, 3.63) is 0 Å². The minimum atomic E-state index is 0.665. The molecule has 0 atom stereocenters. The van der Waals surface area contributed by atoms with E-state index in [9.17, 15) is 0 Å². The van der Waals surface area contributed by atoms with E-state index in [2.05, 4.69) is 41.6 Å². The molecule has 0 saturated carbocycles. The molecule has 0 fully saturated rings. The first kappa shape index (κ1) is 17.4. The molecule has 1 heterocycles. The number of rotatable bonds is 12. The van der Waals surface area contributed by atoms with Crippen LogP contribution in [0.4, 0.5) is 0 Å². The average Bonchev–Trinajstić information content (AvgIpc) is 2.86. The molecule has 1 rings (SSSR count). The molecule has 1 aromatic rings. The van der Waals surface area contributed by atoms with Gasteiger partial charge >= 0.3 is 0 Å². The van der Waals surface area contributed by atoms with Gasteiger partial charge in [0.25, 0.3) is 0 Å². The molecule has 6 nitrogen and oxygen atoms in total. The predicted molar refractivity (Wildman–Crippen MR) is 82.0 cm³/mol. The lowest BCUT2D eigenvalue weighted by Gasteiger charge is -2.08. The first-order valence-electron chi connectivity index (χ1n) is 7.41. The second-order valence-electron chi connectivity index (χ2n) is 5.10. The molecule has 0 saturated heterocycles. The van der Waals surface area contributed by atoms with Crippen LogP contribution in [0.1, 0.15) is 33.6 Å². The number of tetrazole rings is 1. The molecule has 1 N–H and O–H groups in total. The van der Waals surface area contributed by atoms with Gasteiger partial charge in [-0.05, 0) is 29.3 Å². The summed E-state index contributed by atoms with van der Waals surface area (Å²) in [4.78, 5) is 0. The number of nitrogens with one attached hydrogen (secondary N) is 1. The highest BCUT2D eigenvalue weighted by Gasteiger charge is 2.06. The minimum Gasteiger partial charge on any atom is -0.381 e. The lowest BCUT2D eigenvalue weighted by atomic mass is 10.2. The zero-order valence-corrected chi connectivity index (χ0v) is 13.7. The van der Waals surface area contributed by atoms with Gasteiger partial charge in [-0.2, -0.15) is 0 Å². The maximum Gasteiger partial charge on any atom is 0.209 e. The van der Waals surface area contributed by atoms with E-state index in [1.54, 1.807) is 11.8 Å². The highest BCUT2D eigenvalue weighted by Crippen LogP contribution is 2.12. The first-order valence-corrected chi connectivity index (χ1v) is 8.40. The Hall–Kier alpha value is -0.660. The summed E-state index contributed by atoms with van der Waals surface area (Å²) in [5, 5.41) is 16.1. The van der Waals surface area contributed by atoms with Crippen LogP contribution in [0.15, 0.2) is 5.16 Å². The SMILES string of the molecule is CCCCOCCSc1nnnn1CCNCC(C)C. The molecule has 0 aromatic carbocycles. The third-order valence-electron chi connectivity index (χ3n) is 2.65. The fourth-order valence-electron chi connectivity index (χ4n) is 1.56. The Kier molecular flexibility index (Phi) is 9.61. The Bertz CT molecular complexity index is 345. The second-order valence-corrected chi connectivity index (χ2v) is 6.16. The van der Waals surface area contributed by atoms with Crippen molar-refractivity contribution < 1.29 is 4.74 Å². The summed E-state index contributed by atoms with van der Waals surface area (Å²) >= 11 is 1.65. The first-order chi connectivity index (χ1) is 9.74. The van der Waals surface area contributed by atoms with Gasteiger partial charge in [0, 0.05) is 18.9 Å². The predicted octanol–water partition coefficient (Wildman–Crippen LogP) is 1.83. The van der Waals surface area contributed by atoms with Crippen molar-refractivity contribution in [3.8, 4) is 0 Å². The molecular weight excluding hydrogens is 274 g/mol. The molecule has 0 amide bonds. The van der Waals surface area contributed by atoms with Crippen molar-refractivity contribution in [2.24, 2.45) is 5.92 Å². The van der Waals surface area contributed by atoms with Crippen molar-refractivity contribution in [3.63, 3.8) is 0 Å². The lowest BCUT2D eigenvalue weighted by Crippen LogP contribution is -2.24. The normalized spacial score (nSPS) is 11.4. The molecule has 1 aromatic heterocycles. The topological polar surface area (TPSA) is 64.9 Å². The van der Waals surface area contributed by atoms with E-state index in [-0.39, 0.29) is 0 Å². The van der Waals surface area contributed by atoms with Crippen LogP contribution in [0.3, 0.4) is 0 Å². The van der Waals surface area contributed by atoms with E-state index in [1.807, 2.05) is 4.68 Å². The van der Waals surface area contributed by atoms with E-state index >= 15 is 0 Å². The van der Waals surface area contributed by atoms with Crippen LogP contribution < -0.4 is 5.32 Å². The van der Waals surface area contributed by atoms with Gasteiger partial charge in [0.05, 0.1) is 13.2 Å². The molecule has 0 spiro atoms. The maximum absolute atomic E-state index is 5.53. The van der Waals surface area contributed by atoms with Crippen LogP contribution >= 0.6 is 11.8 Å². The third kappa shape index (κ3) is 7.81. The summed E-state index contributed by atoms with van der Waals surface area (Å²) < 4.78 is 7.38. The van der Waals surface area contributed by atoms with E-state index in [4.69, 9.17) is 4.74 Å². The van der Waals surface area contributed by atoms with Crippen LogP contribution in [0.25, 0.3) is 0 Å². The Balaban J connectivity index is 2.14. The van der Waals surface area contributed by atoms with Crippen molar-refractivity contribution in [1.29, 1.82) is 0 Å². The third-order valence-corrected chi connectivity index (χ3v) is 3.57. The molecule has 0 unspecified atom stereocenters. The fraction of sp³-hybridized carbons (Fsp3) is 0.923. The Labute approximate surface area is 126 Å². The molecule has 7 heteroatoms. The highest BCUT2D eigenvalue weighted by atomic mass is 32.2. The number of hydrogen-bond donors (Lipinski definition) is 1. The smallest absolute Gasteiger partial charge is 0.209 e. The van der Waals surface area contributed by atoms with Gasteiger partial charge in [-0.25, -0.2) is 4.68 Å². The standard InChI is InChI=1S/C13H27N5OS/c1-4-5-8-19-9-10-20-13-15-16-17-18(13)7-6-14-11-12(2)3/h12,14H,4-11H2,1-3H3. The van der Waals surface area contributed by atoms with Crippen LogP contribution in [-0.2, 0) is 11.3 Å². The summed E-state index contributed by atoms with van der Waals surface area (Å²) in [5.41, 5.74) is 0. The van der Waals surface area contributed by atoms with Gasteiger partial charge in [0.1, 0.15) is 0 Å². The number of nitrogens with zero attached hydrogens (tertiary/aromatic N) is 4. The summed E-state index contributed by atoms with van der Waals surface area (Å²) in [6.07, 6.45) is 2.30. The van der Waals surface area contributed by atoms with Gasteiger partial charge < -0.3 is 10.1 Å². The monoisotopic (exact) mass is 301 g/mol. The van der Waals surface area contributed by atoms with Gasteiger partial charge in [0.15, 0.2) is 0 Å². The van der Waals surface area contributed by atoms with Crippen molar-refractivity contribution >= 4 is 11.8 Å². The molecule has 116 valence electrons. The Morgan fingerprint density at radius 1 is 1.35 bits per heavy atom. The van der Waals surface area contributed by atoms with Crippen LogP contribution in [0.5, 0.6) is 0 Å². The van der Waals surface area contributed by atoms with Crippen molar-refractivity contribution in [2.45, 2.75) is 45.3 Å². The largest absolute Gasteiger partial charge is 0.381 e.